The molecule has 0 amide bonds. The third kappa shape index (κ3) is 4.05. The van der Waals surface area contributed by atoms with E-state index in [2.05, 4.69) is 6.58 Å². The van der Waals surface area contributed by atoms with E-state index in [9.17, 15) is 0 Å². The predicted octanol–water partition coefficient (Wildman–Crippen LogP) is 1.20. The second-order valence-corrected chi connectivity index (χ2v) is 2.19. The van der Waals surface area contributed by atoms with Gasteiger partial charge in [0.25, 0.3) is 0 Å². The minimum absolute atomic E-state index is 0.303. The van der Waals surface area contributed by atoms with Crippen molar-refractivity contribution in [3.63, 3.8) is 0 Å². The average molecular weight is 104 g/mol. The van der Waals surface area contributed by atoms with Gasteiger partial charge in [0.15, 0.2) is 0 Å². The number of aliphatic hydroxyl groups is 1. The third-order valence-electron chi connectivity index (χ3n) is 0.293. The Morgan fingerprint density at radius 1 is 2.00 bits per heavy atom. The molecule has 0 rings (SSSR count). The van der Waals surface area contributed by atoms with Crippen LogP contribution in [0, 0.1) is 0 Å². The van der Waals surface area contributed by atoms with Crippen LogP contribution in [0.1, 0.15) is 6.92 Å². The van der Waals surface area contributed by atoms with Crippen molar-refractivity contribution in [1.29, 1.82) is 0 Å². The number of thioether (sulfide) groups is 1. The standard InChI is InChI=1S/C4H8OS/c1-3-6-4(2)5/h3-5H,1H2,2H3. The van der Waals surface area contributed by atoms with Crippen LogP contribution in [0.5, 0.6) is 0 Å². The first-order valence-corrected chi connectivity index (χ1v) is 2.66. The van der Waals surface area contributed by atoms with Crippen LogP contribution >= 0.6 is 11.8 Å². The van der Waals surface area contributed by atoms with Crippen molar-refractivity contribution in [2.45, 2.75) is 12.4 Å². The summed E-state index contributed by atoms with van der Waals surface area (Å²) in [7, 11) is 0. The topological polar surface area (TPSA) is 20.2 Å². The molecule has 6 heavy (non-hydrogen) atoms. The first-order chi connectivity index (χ1) is 2.77. The van der Waals surface area contributed by atoms with Crippen LogP contribution in [0.2, 0.25) is 0 Å². The lowest BCUT2D eigenvalue weighted by Crippen LogP contribution is -1.86. The zero-order chi connectivity index (χ0) is 4.99. The van der Waals surface area contributed by atoms with E-state index in [1.165, 1.54) is 11.8 Å². The first kappa shape index (κ1) is 6.05. The molecule has 1 atom stereocenters. The van der Waals surface area contributed by atoms with Gasteiger partial charge < -0.3 is 5.11 Å². The Balaban J connectivity index is 2.81. The average Bonchev–Trinajstić information content (AvgIpc) is 1.35. The normalized spacial score (nSPS) is 13.7. The van der Waals surface area contributed by atoms with Gasteiger partial charge in [0.2, 0.25) is 0 Å². The second kappa shape index (κ2) is 3.25. The van der Waals surface area contributed by atoms with Crippen molar-refractivity contribution in [2.24, 2.45) is 0 Å². The van der Waals surface area contributed by atoms with Crippen molar-refractivity contribution in [1.82, 2.24) is 0 Å². The Kier molecular flexibility index (Phi) is 3.28. The molecule has 0 aromatic rings. The highest BCUT2D eigenvalue weighted by Crippen LogP contribution is 2.04. The summed E-state index contributed by atoms with van der Waals surface area (Å²) < 4.78 is 0. The number of aliphatic hydroxyl groups excluding tert-OH is 1. The number of hydrogen-bond donors (Lipinski definition) is 1. The summed E-state index contributed by atoms with van der Waals surface area (Å²) in [4.78, 5) is 0. The largest absolute Gasteiger partial charge is 0.382 e. The van der Waals surface area contributed by atoms with Crippen LogP contribution in [-0.2, 0) is 0 Å². The van der Waals surface area contributed by atoms with Gasteiger partial charge in [0, 0.05) is 0 Å². The molecule has 1 N–H and O–H groups in total. The lowest BCUT2D eigenvalue weighted by atomic mass is 10.9. The summed E-state index contributed by atoms with van der Waals surface area (Å²) >= 11 is 1.31. The van der Waals surface area contributed by atoms with Gasteiger partial charge in [0.1, 0.15) is 5.44 Å². The Morgan fingerprint density at radius 2 is 2.50 bits per heavy atom. The zero-order valence-electron chi connectivity index (χ0n) is 3.72. The Morgan fingerprint density at radius 3 is 2.50 bits per heavy atom. The molecule has 0 aliphatic carbocycles. The molecule has 0 saturated carbocycles. The molecule has 0 aromatic carbocycles. The van der Waals surface area contributed by atoms with Crippen LogP contribution in [0.4, 0.5) is 0 Å². The molecule has 1 nitrogen and oxygen atoms in total. The Hall–Kier alpha value is 0.0500. The third-order valence-corrected chi connectivity index (χ3v) is 0.879. The number of rotatable bonds is 2. The van der Waals surface area contributed by atoms with Gasteiger partial charge in [-0.15, -0.1) is 11.8 Å². The maximum atomic E-state index is 8.44. The summed E-state index contributed by atoms with van der Waals surface area (Å²) in [5, 5.41) is 10.1. The van der Waals surface area contributed by atoms with Gasteiger partial charge in [-0.3, -0.25) is 0 Å². The SMILES string of the molecule is C=CSC(C)O. The van der Waals surface area contributed by atoms with E-state index in [1.807, 2.05) is 0 Å². The monoisotopic (exact) mass is 104 g/mol. The van der Waals surface area contributed by atoms with E-state index in [-0.39, 0.29) is 5.44 Å². The van der Waals surface area contributed by atoms with Crippen molar-refractivity contribution in [2.75, 3.05) is 0 Å². The highest BCUT2D eigenvalue weighted by Gasteiger charge is 1.84. The molecular weight excluding hydrogens is 96.1 g/mol. The summed E-state index contributed by atoms with van der Waals surface area (Å²) in [6.45, 7) is 5.10. The molecule has 0 saturated heterocycles. The fraction of sp³-hybridized carbons (Fsp3) is 0.500. The van der Waals surface area contributed by atoms with Gasteiger partial charge in [-0.1, -0.05) is 6.58 Å². The molecular formula is C4H8OS. The van der Waals surface area contributed by atoms with Crippen molar-refractivity contribution in [3.05, 3.63) is 12.0 Å². The molecule has 0 fully saturated rings. The molecule has 0 aliphatic heterocycles. The Bertz CT molecular complexity index is 42.8. The fourth-order valence-electron chi connectivity index (χ4n) is 0.139. The quantitative estimate of drug-likeness (QED) is 0.531. The van der Waals surface area contributed by atoms with Gasteiger partial charge in [-0.2, -0.15) is 0 Å². The van der Waals surface area contributed by atoms with Gasteiger partial charge >= 0.3 is 0 Å². The van der Waals surface area contributed by atoms with E-state index in [0.717, 1.165) is 0 Å². The first-order valence-electron chi connectivity index (χ1n) is 1.72. The molecule has 0 aromatic heterocycles. The van der Waals surface area contributed by atoms with E-state index in [0.29, 0.717) is 0 Å². The smallest absolute Gasteiger partial charge is 0.100 e. The molecule has 1 unspecified atom stereocenters. The summed E-state index contributed by atoms with van der Waals surface area (Å²) in [5.74, 6) is 0. The Labute approximate surface area is 42.1 Å². The van der Waals surface area contributed by atoms with E-state index >= 15 is 0 Å². The van der Waals surface area contributed by atoms with Crippen LogP contribution in [-0.4, -0.2) is 10.5 Å². The number of hydrogen-bond acceptors (Lipinski definition) is 2. The minimum atomic E-state index is -0.303. The fourth-order valence-corrected chi connectivity index (χ4v) is 0.418. The van der Waals surface area contributed by atoms with E-state index < -0.39 is 0 Å². The van der Waals surface area contributed by atoms with Crippen LogP contribution in [0.25, 0.3) is 0 Å². The van der Waals surface area contributed by atoms with Crippen molar-refractivity contribution < 1.29 is 5.11 Å². The minimum Gasteiger partial charge on any atom is -0.382 e. The molecule has 36 valence electrons. The summed E-state index contributed by atoms with van der Waals surface area (Å²) in [5.41, 5.74) is -0.303. The highest BCUT2D eigenvalue weighted by atomic mass is 32.2. The molecule has 0 spiro atoms. The molecule has 0 heterocycles. The molecule has 0 bridgehead atoms. The van der Waals surface area contributed by atoms with Crippen molar-refractivity contribution in [3.8, 4) is 0 Å². The lowest BCUT2D eigenvalue weighted by molar-refractivity contribution is 0.285. The summed E-state index contributed by atoms with van der Waals surface area (Å²) in [6, 6.07) is 0. The van der Waals surface area contributed by atoms with E-state index in [1.54, 1.807) is 12.3 Å². The maximum absolute atomic E-state index is 8.44. The van der Waals surface area contributed by atoms with Gasteiger partial charge in [-0.25, -0.2) is 0 Å². The second-order valence-electron chi connectivity index (χ2n) is 0.902. The zero-order valence-corrected chi connectivity index (χ0v) is 4.53. The van der Waals surface area contributed by atoms with Crippen LogP contribution < -0.4 is 0 Å². The lowest BCUT2D eigenvalue weighted by Gasteiger charge is -1.92. The predicted molar refractivity (Wildman–Crippen MR) is 29.5 cm³/mol. The molecule has 0 radical (unpaired) electrons. The van der Waals surface area contributed by atoms with E-state index in [4.69, 9.17) is 5.11 Å². The molecule has 0 aliphatic rings. The van der Waals surface area contributed by atoms with Crippen LogP contribution in [0.3, 0.4) is 0 Å². The van der Waals surface area contributed by atoms with Gasteiger partial charge in [-0.05, 0) is 12.3 Å². The molecule has 2 heteroatoms. The van der Waals surface area contributed by atoms with Gasteiger partial charge in [0.05, 0.1) is 0 Å². The van der Waals surface area contributed by atoms with Crippen molar-refractivity contribution >= 4 is 11.8 Å². The highest BCUT2D eigenvalue weighted by molar-refractivity contribution is 8.02. The summed E-state index contributed by atoms with van der Waals surface area (Å²) in [6.07, 6.45) is 0. The van der Waals surface area contributed by atoms with Crippen LogP contribution in [0.15, 0.2) is 12.0 Å². The maximum Gasteiger partial charge on any atom is 0.100 e.